The van der Waals surface area contributed by atoms with Crippen molar-refractivity contribution in [2.75, 3.05) is 11.2 Å². The van der Waals surface area contributed by atoms with Gasteiger partial charge in [-0.3, -0.25) is 0 Å². The highest BCUT2D eigenvalue weighted by atomic mass is 35.5. The Morgan fingerprint density at radius 1 is 1.24 bits per heavy atom. The van der Waals surface area contributed by atoms with Crippen LogP contribution in [-0.2, 0) is 0 Å². The average molecular weight is 268 g/mol. The van der Waals surface area contributed by atoms with E-state index in [4.69, 9.17) is 23.2 Å². The molecule has 1 aromatic heterocycles. The molecule has 1 heterocycles. The molecule has 5 nitrogen and oxygen atoms in total. The highest BCUT2D eigenvalue weighted by Gasteiger charge is 2.04. The van der Waals surface area contributed by atoms with Gasteiger partial charge in [0.1, 0.15) is 10.8 Å². The van der Waals surface area contributed by atoms with E-state index < -0.39 is 0 Å². The zero-order chi connectivity index (χ0) is 12.3. The maximum absolute atomic E-state index is 5.90. The summed E-state index contributed by atoms with van der Waals surface area (Å²) < 4.78 is 0. The van der Waals surface area contributed by atoms with Crippen LogP contribution in [0.15, 0.2) is 40.3 Å². The molecule has 0 aliphatic rings. The number of halogens is 1. The van der Waals surface area contributed by atoms with E-state index in [0.29, 0.717) is 15.9 Å². The molecule has 0 aliphatic carbocycles. The Kier molecular flexibility index (Phi) is 3.68. The fourth-order valence-electron chi connectivity index (χ4n) is 1.22. The summed E-state index contributed by atoms with van der Waals surface area (Å²) in [6.45, 7) is 0. The summed E-state index contributed by atoms with van der Waals surface area (Å²) in [5.41, 5.74) is 8.00. The number of nitrogens with two attached hydrogens (primary N) is 2. The second kappa shape index (κ2) is 5.22. The van der Waals surface area contributed by atoms with Crippen LogP contribution in [0.2, 0.25) is 5.02 Å². The largest absolute Gasteiger partial charge is 0.368 e. The van der Waals surface area contributed by atoms with Gasteiger partial charge in [0.2, 0.25) is 5.95 Å². The van der Waals surface area contributed by atoms with Crippen LogP contribution in [0.25, 0.3) is 0 Å². The van der Waals surface area contributed by atoms with Crippen molar-refractivity contribution in [2.45, 2.75) is 9.92 Å². The quantitative estimate of drug-likeness (QED) is 0.448. The van der Waals surface area contributed by atoms with Crippen molar-refractivity contribution in [3.05, 3.63) is 35.4 Å². The number of hydrogen-bond acceptors (Lipinski definition) is 6. The van der Waals surface area contributed by atoms with Crippen LogP contribution in [0.4, 0.5) is 11.8 Å². The van der Waals surface area contributed by atoms with Gasteiger partial charge in [-0.15, -0.1) is 0 Å². The van der Waals surface area contributed by atoms with Crippen molar-refractivity contribution in [3.63, 3.8) is 0 Å². The maximum atomic E-state index is 5.90. The van der Waals surface area contributed by atoms with E-state index in [2.05, 4.69) is 15.4 Å². The molecule has 0 spiro atoms. The third kappa shape index (κ3) is 3.23. The van der Waals surface area contributed by atoms with Crippen LogP contribution in [0.5, 0.6) is 0 Å². The fourth-order valence-corrected chi connectivity index (χ4v) is 2.36. The molecule has 0 amide bonds. The molecule has 5 N–H and O–H groups in total. The van der Waals surface area contributed by atoms with Crippen LogP contribution in [0.1, 0.15) is 0 Å². The van der Waals surface area contributed by atoms with E-state index >= 15 is 0 Å². The van der Waals surface area contributed by atoms with E-state index in [1.807, 2.05) is 24.3 Å². The molecule has 0 saturated heterocycles. The molecule has 0 aliphatic heterocycles. The first-order chi connectivity index (χ1) is 8.17. The monoisotopic (exact) mass is 267 g/mol. The molecule has 88 valence electrons. The Morgan fingerprint density at radius 3 is 2.76 bits per heavy atom. The topological polar surface area (TPSA) is 89.8 Å². The Bertz CT molecular complexity index is 534. The molecule has 0 saturated carbocycles. The molecule has 0 fully saturated rings. The molecule has 7 heteroatoms. The molecular weight excluding hydrogens is 258 g/mol. The van der Waals surface area contributed by atoms with Gasteiger partial charge in [-0.05, 0) is 18.2 Å². The van der Waals surface area contributed by atoms with Crippen LogP contribution >= 0.6 is 23.4 Å². The van der Waals surface area contributed by atoms with Gasteiger partial charge in [-0.25, -0.2) is 10.8 Å². The minimum Gasteiger partial charge on any atom is -0.368 e. The van der Waals surface area contributed by atoms with E-state index in [0.717, 1.165) is 4.90 Å². The lowest BCUT2D eigenvalue weighted by Crippen LogP contribution is -2.10. The predicted molar refractivity (Wildman–Crippen MR) is 69.8 cm³/mol. The second-order valence-corrected chi connectivity index (χ2v) is 4.68. The molecule has 0 atom stereocenters. The Hall–Kier alpha value is -1.50. The summed E-state index contributed by atoms with van der Waals surface area (Å²) in [7, 11) is 0. The van der Waals surface area contributed by atoms with Gasteiger partial charge >= 0.3 is 0 Å². The number of hydrazine groups is 1. The van der Waals surface area contributed by atoms with E-state index in [-0.39, 0.29) is 5.95 Å². The van der Waals surface area contributed by atoms with Gasteiger partial charge in [0.15, 0.2) is 0 Å². The zero-order valence-corrected chi connectivity index (χ0v) is 10.3. The minimum atomic E-state index is 0.171. The summed E-state index contributed by atoms with van der Waals surface area (Å²) in [4.78, 5) is 8.97. The molecule has 2 aromatic rings. The third-order valence-electron chi connectivity index (χ3n) is 1.89. The first-order valence-electron chi connectivity index (χ1n) is 4.72. The third-order valence-corrected chi connectivity index (χ3v) is 3.03. The normalized spacial score (nSPS) is 10.2. The highest BCUT2D eigenvalue weighted by molar-refractivity contribution is 7.99. The number of nitrogens with one attached hydrogen (secondary N) is 1. The van der Waals surface area contributed by atoms with Gasteiger partial charge in [0, 0.05) is 16.0 Å². The molecule has 0 radical (unpaired) electrons. The molecule has 0 unspecified atom stereocenters. The maximum Gasteiger partial charge on any atom is 0.223 e. The van der Waals surface area contributed by atoms with Gasteiger partial charge in [-0.1, -0.05) is 29.4 Å². The Labute approximate surface area is 108 Å². The average Bonchev–Trinajstić information content (AvgIpc) is 2.28. The smallest absolute Gasteiger partial charge is 0.223 e. The number of rotatable bonds is 3. The SMILES string of the molecule is NNc1cc(Sc2cccc(Cl)c2)nc(N)n1. The van der Waals surface area contributed by atoms with Crippen molar-refractivity contribution in [1.29, 1.82) is 0 Å². The zero-order valence-electron chi connectivity index (χ0n) is 8.72. The first-order valence-corrected chi connectivity index (χ1v) is 5.91. The minimum absolute atomic E-state index is 0.171. The molecular formula is C10H10ClN5S. The summed E-state index contributed by atoms with van der Waals surface area (Å²) in [6, 6.07) is 9.18. The van der Waals surface area contributed by atoms with Gasteiger partial charge in [0.05, 0.1) is 0 Å². The lowest BCUT2D eigenvalue weighted by molar-refractivity contribution is 1.05. The van der Waals surface area contributed by atoms with Crippen molar-refractivity contribution >= 4 is 35.1 Å². The second-order valence-electron chi connectivity index (χ2n) is 3.15. The lowest BCUT2D eigenvalue weighted by Gasteiger charge is -2.05. The standard InChI is InChI=1S/C10H10ClN5S/c11-6-2-1-3-7(4-6)17-9-5-8(16-13)14-10(12)15-9/h1-5H,13H2,(H3,12,14,15,16). The molecule has 1 aromatic carbocycles. The Morgan fingerprint density at radius 2 is 2.06 bits per heavy atom. The summed E-state index contributed by atoms with van der Waals surface area (Å²) >= 11 is 7.33. The van der Waals surface area contributed by atoms with E-state index in [9.17, 15) is 0 Å². The van der Waals surface area contributed by atoms with Crippen LogP contribution in [-0.4, -0.2) is 9.97 Å². The summed E-state index contributed by atoms with van der Waals surface area (Å²) in [5.74, 6) is 5.92. The van der Waals surface area contributed by atoms with Gasteiger partial charge in [0.25, 0.3) is 0 Å². The van der Waals surface area contributed by atoms with Gasteiger partial charge < -0.3 is 11.2 Å². The number of nitrogens with zero attached hydrogens (tertiary/aromatic N) is 2. The summed E-state index contributed by atoms with van der Waals surface area (Å²) in [6.07, 6.45) is 0. The number of benzene rings is 1. The molecule has 17 heavy (non-hydrogen) atoms. The number of aromatic nitrogens is 2. The Balaban J connectivity index is 2.26. The van der Waals surface area contributed by atoms with Crippen molar-refractivity contribution in [3.8, 4) is 0 Å². The number of nitrogen functional groups attached to an aromatic ring is 2. The predicted octanol–water partition coefficient (Wildman–Crippen LogP) is 2.15. The van der Waals surface area contributed by atoms with Crippen LogP contribution < -0.4 is 17.0 Å². The van der Waals surface area contributed by atoms with Crippen molar-refractivity contribution in [1.82, 2.24) is 9.97 Å². The van der Waals surface area contributed by atoms with Gasteiger partial charge in [-0.2, -0.15) is 4.98 Å². The highest BCUT2D eigenvalue weighted by Crippen LogP contribution is 2.29. The lowest BCUT2D eigenvalue weighted by atomic mass is 10.4. The van der Waals surface area contributed by atoms with Crippen LogP contribution in [0.3, 0.4) is 0 Å². The molecule has 2 rings (SSSR count). The van der Waals surface area contributed by atoms with Crippen molar-refractivity contribution < 1.29 is 0 Å². The summed E-state index contributed by atoms with van der Waals surface area (Å²) in [5, 5.41) is 1.38. The fraction of sp³-hybridized carbons (Fsp3) is 0. The van der Waals surface area contributed by atoms with E-state index in [1.165, 1.54) is 11.8 Å². The van der Waals surface area contributed by atoms with Crippen LogP contribution in [0, 0.1) is 0 Å². The number of hydrogen-bond donors (Lipinski definition) is 3. The van der Waals surface area contributed by atoms with Crippen molar-refractivity contribution in [2.24, 2.45) is 5.84 Å². The number of anilines is 2. The first kappa shape index (κ1) is 12.0. The van der Waals surface area contributed by atoms with E-state index in [1.54, 1.807) is 6.07 Å². The molecule has 0 bridgehead atoms.